The predicted octanol–water partition coefficient (Wildman–Crippen LogP) is 3.93. The summed E-state index contributed by atoms with van der Waals surface area (Å²) < 4.78 is 5.81. The van der Waals surface area contributed by atoms with Crippen molar-refractivity contribution in [2.24, 2.45) is 11.7 Å². The van der Waals surface area contributed by atoms with Gasteiger partial charge in [-0.05, 0) is 43.9 Å². The monoisotopic (exact) mass is 229 g/mol. The molecule has 0 bridgehead atoms. The van der Waals surface area contributed by atoms with Crippen LogP contribution < -0.4 is 5.73 Å². The lowest BCUT2D eigenvalue weighted by molar-refractivity contribution is 0.461. The quantitative estimate of drug-likeness (QED) is 0.862. The number of hydrogen-bond donors (Lipinski definition) is 1. The zero-order chi connectivity index (χ0) is 11.8. The first-order chi connectivity index (χ1) is 8.22. The first-order valence-electron chi connectivity index (χ1n) is 6.48. The van der Waals surface area contributed by atoms with Crippen LogP contribution in [0.5, 0.6) is 0 Å². The lowest BCUT2D eigenvalue weighted by atomic mass is 10.1. The van der Waals surface area contributed by atoms with E-state index in [1.54, 1.807) is 0 Å². The van der Waals surface area contributed by atoms with E-state index in [0.29, 0.717) is 0 Å². The van der Waals surface area contributed by atoms with Gasteiger partial charge >= 0.3 is 0 Å². The van der Waals surface area contributed by atoms with Crippen molar-refractivity contribution < 1.29 is 4.42 Å². The van der Waals surface area contributed by atoms with E-state index in [2.05, 4.69) is 25.1 Å². The van der Waals surface area contributed by atoms with E-state index in [4.69, 9.17) is 10.2 Å². The summed E-state index contributed by atoms with van der Waals surface area (Å²) in [5.41, 5.74) is 8.39. The van der Waals surface area contributed by atoms with Crippen molar-refractivity contribution in [1.82, 2.24) is 0 Å². The van der Waals surface area contributed by atoms with Crippen LogP contribution in [0.2, 0.25) is 0 Å². The summed E-state index contributed by atoms with van der Waals surface area (Å²) in [5.74, 6) is 1.87. The molecule has 0 saturated heterocycles. The van der Waals surface area contributed by atoms with E-state index in [0.717, 1.165) is 23.7 Å². The summed E-state index contributed by atoms with van der Waals surface area (Å²) in [5, 5.41) is 1.17. The van der Waals surface area contributed by atoms with Gasteiger partial charge in [-0.25, -0.2) is 0 Å². The molecule has 3 rings (SSSR count). The van der Waals surface area contributed by atoms with Crippen LogP contribution in [0.1, 0.15) is 43.0 Å². The highest BCUT2D eigenvalue weighted by Gasteiger charge is 2.22. The van der Waals surface area contributed by atoms with Crippen molar-refractivity contribution in [2.45, 2.75) is 38.6 Å². The second kappa shape index (κ2) is 4.19. The molecule has 1 unspecified atom stereocenters. The predicted molar refractivity (Wildman–Crippen MR) is 69.8 cm³/mol. The number of fused-ring (bicyclic) bond motifs is 1. The Bertz CT molecular complexity index is 525. The Morgan fingerprint density at radius 3 is 2.94 bits per heavy atom. The van der Waals surface area contributed by atoms with E-state index in [9.17, 15) is 0 Å². The van der Waals surface area contributed by atoms with Gasteiger partial charge in [-0.2, -0.15) is 0 Å². The van der Waals surface area contributed by atoms with Gasteiger partial charge in [-0.15, -0.1) is 0 Å². The van der Waals surface area contributed by atoms with Crippen LogP contribution in [0.3, 0.4) is 0 Å². The molecular formula is C15H19NO. The molecule has 2 aromatic rings. The largest absolute Gasteiger partial charge is 0.459 e. The fourth-order valence-corrected chi connectivity index (χ4v) is 2.33. The van der Waals surface area contributed by atoms with Crippen LogP contribution in [0.25, 0.3) is 11.0 Å². The number of furan rings is 1. The van der Waals surface area contributed by atoms with Crippen molar-refractivity contribution in [3.05, 3.63) is 35.6 Å². The minimum absolute atomic E-state index is 0.0586. The minimum atomic E-state index is 0.0586. The Hall–Kier alpha value is -1.28. The minimum Gasteiger partial charge on any atom is -0.459 e. The first-order valence-corrected chi connectivity index (χ1v) is 6.48. The molecule has 17 heavy (non-hydrogen) atoms. The van der Waals surface area contributed by atoms with Crippen LogP contribution in [0.15, 0.2) is 28.7 Å². The van der Waals surface area contributed by atoms with E-state index < -0.39 is 0 Å². The fraction of sp³-hybridized carbons (Fsp3) is 0.467. The molecular weight excluding hydrogens is 210 g/mol. The normalized spacial score (nSPS) is 17.5. The molecule has 0 aliphatic heterocycles. The van der Waals surface area contributed by atoms with Crippen LogP contribution in [0, 0.1) is 12.8 Å². The van der Waals surface area contributed by atoms with Gasteiger partial charge in [0.25, 0.3) is 0 Å². The Morgan fingerprint density at radius 1 is 1.35 bits per heavy atom. The van der Waals surface area contributed by atoms with Crippen LogP contribution in [-0.4, -0.2) is 0 Å². The average molecular weight is 229 g/mol. The number of hydrogen-bond acceptors (Lipinski definition) is 2. The lowest BCUT2D eigenvalue weighted by Gasteiger charge is -2.06. The van der Waals surface area contributed by atoms with Crippen LogP contribution >= 0.6 is 0 Å². The van der Waals surface area contributed by atoms with Crippen molar-refractivity contribution in [2.75, 3.05) is 0 Å². The molecule has 1 saturated carbocycles. The maximum atomic E-state index is 6.18. The maximum Gasteiger partial charge on any atom is 0.134 e. The Labute approximate surface area is 102 Å². The highest BCUT2D eigenvalue weighted by Crippen LogP contribution is 2.36. The summed E-state index contributed by atoms with van der Waals surface area (Å²) in [6.07, 6.45) is 5.08. The Balaban J connectivity index is 1.78. The third-order valence-corrected chi connectivity index (χ3v) is 3.64. The van der Waals surface area contributed by atoms with Crippen LogP contribution in [-0.2, 0) is 0 Å². The first kappa shape index (κ1) is 10.8. The molecule has 1 aromatic carbocycles. The number of aryl methyl sites for hydroxylation is 1. The number of rotatable bonds is 4. The maximum absolute atomic E-state index is 6.18. The molecule has 1 heterocycles. The Kier molecular flexibility index (Phi) is 2.67. The van der Waals surface area contributed by atoms with E-state index in [1.807, 2.05) is 6.07 Å². The molecule has 90 valence electrons. The zero-order valence-corrected chi connectivity index (χ0v) is 10.3. The highest BCUT2D eigenvalue weighted by atomic mass is 16.3. The molecule has 1 atom stereocenters. The molecule has 0 spiro atoms. The van der Waals surface area contributed by atoms with Gasteiger partial charge in [0.05, 0.1) is 6.04 Å². The highest BCUT2D eigenvalue weighted by molar-refractivity contribution is 5.78. The lowest BCUT2D eigenvalue weighted by Crippen LogP contribution is -2.09. The van der Waals surface area contributed by atoms with Gasteiger partial charge in [0.1, 0.15) is 11.3 Å². The average Bonchev–Trinajstić information content (AvgIpc) is 3.04. The number of nitrogens with two attached hydrogens (primary N) is 1. The SMILES string of the molecule is Cc1ccc2oc(C(N)CCC3CC3)cc2c1. The molecule has 0 radical (unpaired) electrons. The van der Waals surface area contributed by atoms with Gasteiger partial charge in [0.15, 0.2) is 0 Å². The standard InChI is InChI=1S/C15H19NO/c1-10-2-7-14-12(8-10)9-15(17-14)13(16)6-5-11-3-4-11/h2,7-9,11,13H,3-6,16H2,1H3. The summed E-state index contributed by atoms with van der Waals surface area (Å²) in [7, 11) is 0. The van der Waals surface area contributed by atoms with Gasteiger partial charge < -0.3 is 10.2 Å². The molecule has 1 aliphatic rings. The van der Waals surface area contributed by atoms with Gasteiger partial charge in [0.2, 0.25) is 0 Å². The van der Waals surface area contributed by atoms with E-state index >= 15 is 0 Å². The number of benzene rings is 1. The van der Waals surface area contributed by atoms with Crippen molar-refractivity contribution in [1.29, 1.82) is 0 Å². The Morgan fingerprint density at radius 2 is 2.18 bits per heavy atom. The smallest absolute Gasteiger partial charge is 0.134 e. The summed E-state index contributed by atoms with van der Waals surface area (Å²) in [4.78, 5) is 0. The van der Waals surface area contributed by atoms with Crippen molar-refractivity contribution in [3.8, 4) is 0 Å². The summed E-state index contributed by atoms with van der Waals surface area (Å²) >= 11 is 0. The van der Waals surface area contributed by atoms with Crippen molar-refractivity contribution >= 4 is 11.0 Å². The third kappa shape index (κ3) is 2.37. The molecule has 1 aromatic heterocycles. The van der Waals surface area contributed by atoms with E-state index in [-0.39, 0.29) is 6.04 Å². The summed E-state index contributed by atoms with van der Waals surface area (Å²) in [6.45, 7) is 2.10. The topological polar surface area (TPSA) is 39.2 Å². The molecule has 1 aliphatic carbocycles. The van der Waals surface area contributed by atoms with E-state index in [1.165, 1.54) is 30.2 Å². The van der Waals surface area contributed by atoms with Gasteiger partial charge in [0, 0.05) is 5.39 Å². The molecule has 2 nitrogen and oxygen atoms in total. The van der Waals surface area contributed by atoms with Crippen LogP contribution in [0.4, 0.5) is 0 Å². The zero-order valence-electron chi connectivity index (χ0n) is 10.3. The third-order valence-electron chi connectivity index (χ3n) is 3.64. The molecule has 2 N–H and O–H groups in total. The summed E-state index contributed by atoms with van der Waals surface area (Å²) in [6, 6.07) is 8.41. The fourth-order valence-electron chi connectivity index (χ4n) is 2.33. The molecule has 0 amide bonds. The molecule has 1 fully saturated rings. The van der Waals surface area contributed by atoms with Crippen molar-refractivity contribution in [3.63, 3.8) is 0 Å². The molecule has 2 heteroatoms. The second-order valence-electron chi connectivity index (χ2n) is 5.32. The van der Waals surface area contributed by atoms with Gasteiger partial charge in [-0.1, -0.05) is 24.5 Å². The van der Waals surface area contributed by atoms with Gasteiger partial charge in [-0.3, -0.25) is 0 Å². The second-order valence-corrected chi connectivity index (χ2v) is 5.32.